The summed E-state index contributed by atoms with van der Waals surface area (Å²) in [6.45, 7) is -0.630. The second-order valence-corrected chi connectivity index (χ2v) is 6.23. The SMILES string of the molecule is CN=C(NCc1cccnc1OCC(F)(F)F)NCC1Cc2ccccc2O1. The first-order chi connectivity index (χ1) is 13.4. The molecule has 0 fully saturated rings. The summed E-state index contributed by atoms with van der Waals surface area (Å²) in [5, 5.41) is 6.22. The lowest BCUT2D eigenvalue weighted by Crippen LogP contribution is -2.42. The Labute approximate surface area is 160 Å². The molecule has 3 rings (SSSR count). The number of para-hydroxylation sites is 1. The van der Waals surface area contributed by atoms with Crippen LogP contribution in [0.2, 0.25) is 0 Å². The van der Waals surface area contributed by atoms with Gasteiger partial charge in [0.2, 0.25) is 5.88 Å². The Morgan fingerprint density at radius 1 is 1.25 bits per heavy atom. The number of aromatic nitrogens is 1. The maximum atomic E-state index is 12.4. The Bertz CT molecular complexity index is 802. The summed E-state index contributed by atoms with van der Waals surface area (Å²) in [6, 6.07) is 11.2. The molecule has 0 bridgehead atoms. The Morgan fingerprint density at radius 3 is 2.82 bits per heavy atom. The highest BCUT2D eigenvalue weighted by Gasteiger charge is 2.29. The van der Waals surface area contributed by atoms with Crippen molar-refractivity contribution in [3.63, 3.8) is 0 Å². The quantitative estimate of drug-likeness (QED) is 0.583. The molecule has 0 aliphatic carbocycles. The molecule has 2 N–H and O–H groups in total. The minimum absolute atomic E-state index is 0.0139. The van der Waals surface area contributed by atoms with Crippen molar-refractivity contribution in [3.05, 3.63) is 53.7 Å². The molecule has 0 spiro atoms. The molecule has 0 radical (unpaired) electrons. The van der Waals surface area contributed by atoms with Gasteiger partial charge in [-0.15, -0.1) is 0 Å². The summed E-state index contributed by atoms with van der Waals surface area (Å²) >= 11 is 0. The monoisotopic (exact) mass is 394 g/mol. The van der Waals surface area contributed by atoms with Crippen LogP contribution in [0.1, 0.15) is 11.1 Å². The second-order valence-electron chi connectivity index (χ2n) is 6.23. The molecule has 6 nitrogen and oxygen atoms in total. The summed E-state index contributed by atoms with van der Waals surface area (Å²) in [6.07, 6.45) is -2.24. The molecule has 1 aliphatic rings. The standard InChI is InChI=1S/C19H21F3N4O2/c1-23-18(26-11-15-9-13-5-2-3-7-16(13)28-15)25-10-14-6-4-8-24-17(14)27-12-19(20,21)22/h2-8,15H,9-12H2,1H3,(H2,23,25,26). The number of halogens is 3. The van der Waals surface area contributed by atoms with Crippen LogP contribution in [0, 0.1) is 0 Å². The van der Waals surface area contributed by atoms with Gasteiger partial charge in [-0.3, -0.25) is 4.99 Å². The van der Waals surface area contributed by atoms with Crippen LogP contribution in [0.4, 0.5) is 13.2 Å². The van der Waals surface area contributed by atoms with E-state index in [2.05, 4.69) is 20.6 Å². The molecule has 2 heterocycles. The minimum Gasteiger partial charge on any atom is -0.488 e. The zero-order chi connectivity index (χ0) is 20.0. The van der Waals surface area contributed by atoms with Crippen LogP contribution in [0.5, 0.6) is 11.6 Å². The minimum atomic E-state index is -4.42. The number of alkyl halides is 3. The van der Waals surface area contributed by atoms with Gasteiger partial charge in [-0.2, -0.15) is 13.2 Å². The van der Waals surface area contributed by atoms with Crippen LogP contribution in [0.3, 0.4) is 0 Å². The molecular weight excluding hydrogens is 373 g/mol. The zero-order valence-electron chi connectivity index (χ0n) is 15.3. The molecule has 0 amide bonds. The van der Waals surface area contributed by atoms with Crippen molar-refractivity contribution in [2.75, 3.05) is 20.2 Å². The van der Waals surface area contributed by atoms with E-state index in [1.165, 1.54) is 11.8 Å². The summed E-state index contributed by atoms with van der Waals surface area (Å²) in [5.41, 5.74) is 1.67. The number of hydrogen-bond donors (Lipinski definition) is 2. The van der Waals surface area contributed by atoms with Crippen LogP contribution >= 0.6 is 0 Å². The fourth-order valence-corrected chi connectivity index (χ4v) is 2.82. The fraction of sp³-hybridized carbons (Fsp3) is 0.368. The van der Waals surface area contributed by atoms with E-state index in [0.29, 0.717) is 18.1 Å². The lowest BCUT2D eigenvalue weighted by Gasteiger charge is -2.16. The third-order valence-electron chi connectivity index (χ3n) is 4.10. The Kier molecular flexibility index (Phi) is 6.23. The number of benzene rings is 1. The number of nitrogens with zero attached hydrogens (tertiary/aromatic N) is 2. The van der Waals surface area contributed by atoms with E-state index in [4.69, 9.17) is 9.47 Å². The van der Waals surface area contributed by atoms with Gasteiger partial charge in [-0.25, -0.2) is 4.98 Å². The molecule has 1 aliphatic heterocycles. The molecule has 0 saturated heterocycles. The van der Waals surface area contributed by atoms with Gasteiger partial charge < -0.3 is 20.1 Å². The average Bonchev–Trinajstić information content (AvgIpc) is 3.09. The van der Waals surface area contributed by atoms with Gasteiger partial charge in [0.05, 0.1) is 6.54 Å². The molecule has 150 valence electrons. The molecule has 1 aromatic carbocycles. The smallest absolute Gasteiger partial charge is 0.422 e. The molecule has 1 atom stereocenters. The first kappa shape index (κ1) is 19.8. The van der Waals surface area contributed by atoms with Crippen molar-refractivity contribution in [1.29, 1.82) is 0 Å². The van der Waals surface area contributed by atoms with Gasteiger partial charge >= 0.3 is 6.18 Å². The first-order valence-electron chi connectivity index (χ1n) is 8.77. The van der Waals surface area contributed by atoms with Crippen LogP contribution < -0.4 is 20.1 Å². The Balaban J connectivity index is 1.50. The number of hydrogen-bond acceptors (Lipinski definition) is 4. The summed E-state index contributed by atoms with van der Waals surface area (Å²) < 4.78 is 47.8. The van der Waals surface area contributed by atoms with E-state index >= 15 is 0 Å². The van der Waals surface area contributed by atoms with Gasteiger partial charge in [-0.1, -0.05) is 24.3 Å². The molecular formula is C19H21F3N4O2. The number of ether oxygens (including phenoxy) is 2. The Hall–Kier alpha value is -2.97. The van der Waals surface area contributed by atoms with Gasteiger partial charge in [0.25, 0.3) is 0 Å². The predicted octanol–water partition coefficient (Wildman–Crippen LogP) is 2.69. The van der Waals surface area contributed by atoms with Gasteiger partial charge in [0.15, 0.2) is 12.6 Å². The second kappa shape index (κ2) is 8.81. The van der Waals surface area contributed by atoms with Crippen molar-refractivity contribution < 1.29 is 22.6 Å². The number of fused-ring (bicyclic) bond motifs is 1. The molecule has 28 heavy (non-hydrogen) atoms. The molecule has 2 aromatic rings. The maximum Gasteiger partial charge on any atom is 0.422 e. The number of nitrogens with one attached hydrogen (secondary N) is 2. The molecule has 0 saturated carbocycles. The molecule has 1 aromatic heterocycles. The summed E-state index contributed by atoms with van der Waals surface area (Å²) in [5.74, 6) is 1.33. The normalized spacial score (nSPS) is 16.3. The molecule has 1 unspecified atom stereocenters. The zero-order valence-corrected chi connectivity index (χ0v) is 15.3. The van der Waals surface area contributed by atoms with Crippen LogP contribution in [-0.4, -0.2) is 43.4 Å². The largest absolute Gasteiger partial charge is 0.488 e. The average molecular weight is 394 g/mol. The third-order valence-corrected chi connectivity index (χ3v) is 4.10. The highest BCUT2D eigenvalue weighted by atomic mass is 19.4. The van der Waals surface area contributed by atoms with Crippen molar-refractivity contribution in [3.8, 4) is 11.6 Å². The lowest BCUT2D eigenvalue weighted by molar-refractivity contribution is -0.154. The van der Waals surface area contributed by atoms with E-state index in [1.807, 2.05) is 24.3 Å². The first-order valence-corrected chi connectivity index (χ1v) is 8.77. The fourth-order valence-electron chi connectivity index (χ4n) is 2.82. The third kappa shape index (κ3) is 5.51. The van der Waals surface area contributed by atoms with Crippen molar-refractivity contribution in [2.24, 2.45) is 4.99 Å². The van der Waals surface area contributed by atoms with E-state index < -0.39 is 12.8 Å². The highest BCUT2D eigenvalue weighted by molar-refractivity contribution is 5.79. The van der Waals surface area contributed by atoms with Crippen LogP contribution in [0.25, 0.3) is 0 Å². The van der Waals surface area contributed by atoms with Crippen molar-refractivity contribution in [2.45, 2.75) is 25.2 Å². The van der Waals surface area contributed by atoms with E-state index in [0.717, 1.165) is 12.2 Å². The molecule has 9 heteroatoms. The topological polar surface area (TPSA) is 67.8 Å². The van der Waals surface area contributed by atoms with Crippen LogP contribution in [-0.2, 0) is 13.0 Å². The number of guanidine groups is 1. The highest BCUT2D eigenvalue weighted by Crippen LogP contribution is 2.27. The number of pyridine rings is 1. The van der Waals surface area contributed by atoms with E-state index in [-0.39, 0.29) is 18.5 Å². The Morgan fingerprint density at radius 2 is 2.07 bits per heavy atom. The van der Waals surface area contributed by atoms with Gasteiger partial charge in [0, 0.05) is 31.8 Å². The predicted molar refractivity (Wildman–Crippen MR) is 98.6 cm³/mol. The van der Waals surface area contributed by atoms with Crippen LogP contribution in [0.15, 0.2) is 47.6 Å². The summed E-state index contributed by atoms with van der Waals surface area (Å²) in [7, 11) is 1.61. The number of rotatable bonds is 6. The summed E-state index contributed by atoms with van der Waals surface area (Å²) in [4.78, 5) is 8.00. The van der Waals surface area contributed by atoms with Crippen molar-refractivity contribution >= 4 is 5.96 Å². The van der Waals surface area contributed by atoms with Gasteiger partial charge in [0.1, 0.15) is 11.9 Å². The van der Waals surface area contributed by atoms with Gasteiger partial charge in [-0.05, 0) is 17.7 Å². The van der Waals surface area contributed by atoms with E-state index in [1.54, 1.807) is 19.2 Å². The maximum absolute atomic E-state index is 12.4. The van der Waals surface area contributed by atoms with E-state index in [9.17, 15) is 13.2 Å². The number of aliphatic imine (C=N–C) groups is 1. The van der Waals surface area contributed by atoms with Crippen molar-refractivity contribution in [1.82, 2.24) is 15.6 Å². The lowest BCUT2D eigenvalue weighted by atomic mass is 10.1.